The zero-order chi connectivity index (χ0) is 20.3. The summed E-state index contributed by atoms with van der Waals surface area (Å²) in [5, 5.41) is 13.7. The topological polar surface area (TPSA) is 93.6 Å². The summed E-state index contributed by atoms with van der Waals surface area (Å²) in [6, 6.07) is 6.90. The molecular formula is C20H26N3O4P. The van der Waals surface area contributed by atoms with Crippen molar-refractivity contribution in [3.05, 3.63) is 46.5 Å². The molecule has 0 aliphatic carbocycles. The number of aromatic hydroxyl groups is 1. The molecule has 3 rings (SSSR count). The van der Waals surface area contributed by atoms with Crippen molar-refractivity contribution in [3.8, 4) is 11.5 Å². The molecule has 2 unspecified atom stereocenters. The second-order valence-electron chi connectivity index (χ2n) is 6.96. The van der Waals surface area contributed by atoms with Gasteiger partial charge in [0, 0.05) is 28.9 Å². The third-order valence-electron chi connectivity index (χ3n) is 4.75. The van der Waals surface area contributed by atoms with E-state index >= 15 is 0 Å². The maximum atomic E-state index is 13.6. The van der Waals surface area contributed by atoms with Gasteiger partial charge in [-0.3, -0.25) is 4.57 Å². The summed E-state index contributed by atoms with van der Waals surface area (Å²) in [6.45, 7) is 6.54. The number of rotatable bonds is 6. The van der Waals surface area contributed by atoms with Crippen LogP contribution in [0.15, 0.2) is 29.6 Å². The minimum absolute atomic E-state index is 0.0556. The van der Waals surface area contributed by atoms with Crippen LogP contribution in [0, 0.1) is 13.8 Å². The molecule has 150 valence electrons. The Balaban J connectivity index is 1.94. The predicted octanol–water partition coefficient (Wildman–Crippen LogP) is 4.35. The number of aromatic nitrogens is 2. The number of aryl methyl sites for hydroxylation is 2. The first kappa shape index (κ1) is 20.4. The smallest absolute Gasteiger partial charge is 0.232 e. The molecule has 1 aliphatic heterocycles. The van der Waals surface area contributed by atoms with Crippen LogP contribution in [-0.2, 0) is 9.09 Å². The van der Waals surface area contributed by atoms with E-state index < -0.39 is 7.37 Å². The molecular weight excluding hydrogens is 377 g/mol. The van der Waals surface area contributed by atoms with Crippen LogP contribution in [0.3, 0.4) is 0 Å². The number of hydrogen-bond acceptors (Lipinski definition) is 7. The lowest BCUT2D eigenvalue weighted by Crippen LogP contribution is -2.12. The molecule has 0 bridgehead atoms. The van der Waals surface area contributed by atoms with Crippen LogP contribution < -0.4 is 10.1 Å². The second-order valence-corrected chi connectivity index (χ2v) is 9.87. The molecule has 2 aromatic rings. The number of phenolic OH excluding ortho intramolecular Hbond substituents is 1. The van der Waals surface area contributed by atoms with Gasteiger partial charge in [0.1, 0.15) is 0 Å². The Labute approximate surface area is 165 Å². The van der Waals surface area contributed by atoms with Crippen molar-refractivity contribution in [2.45, 2.75) is 32.9 Å². The highest BCUT2D eigenvalue weighted by Crippen LogP contribution is 2.64. The molecule has 0 spiro atoms. The van der Waals surface area contributed by atoms with Gasteiger partial charge in [0.15, 0.2) is 11.5 Å². The Kier molecular flexibility index (Phi) is 6.06. The highest BCUT2D eigenvalue weighted by Gasteiger charge is 2.39. The number of anilines is 1. The van der Waals surface area contributed by atoms with Gasteiger partial charge in [-0.15, -0.1) is 0 Å². The first-order valence-electron chi connectivity index (χ1n) is 9.20. The van der Waals surface area contributed by atoms with Gasteiger partial charge < -0.3 is 19.7 Å². The minimum atomic E-state index is -2.99. The molecule has 0 radical (unpaired) electrons. The monoisotopic (exact) mass is 403 g/mol. The summed E-state index contributed by atoms with van der Waals surface area (Å²) >= 11 is 0. The lowest BCUT2D eigenvalue weighted by Gasteiger charge is -2.20. The molecule has 1 aromatic carbocycles. The Hall–Kier alpha value is -2.37. The van der Waals surface area contributed by atoms with Crippen molar-refractivity contribution in [3.63, 3.8) is 0 Å². The van der Waals surface area contributed by atoms with Crippen molar-refractivity contribution in [2.24, 2.45) is 0 Å². The van der Waals surface area contributed by atoms with Crippen LogP contribution in [0.5, 0.6) is 11.5 Å². The standard InChI is InChI=1S/C20H26N3O4P/c1-13-9-14(2)23-20(22-13)21-12-17(28(25)15(3)7-8-27-28)10-16-5-6-18(24)19(11-16)26-4/h5-6,9-11,15,24H,7-8,12H2,1-4H3,(H,21,22,23)/b17-10-. The molecule has 1 fully saturated rings. The van der Waals surface area contributed by atoms with Gasteiger partial charge in [-0.25, -0.2) is 9.97 Å². The summed E-state index contributed by atoms with van der Waals surface area (Å²) in [5.41, 5.74) is 2.44. The number of benzene rings is 1. The Morgan fingerprint density at radius 3 is 2.68 bits per heavy atom. The van der Waals surface area contributed by atoms with Crippen LogP contribution in [0.4, 0.5) is 5.95 Å². The zero-order valence-corrected chi connectivity index (χ0v) is 17.5. The first-order chi connectivity index (χ1) is 13.3. The molecule has 1 saturated heterocycles. The molecule has 28 heavy (non-hydrogen) atoms. The number of phenols is 1. The highest BCUT2D eigenvalue weighted by molar-refractivity contribution is 7.64. The van der Waals surface area contributed by atoms with Gasteiger partial charge in [0.25, 0.3) is 0 Å². The summed E-state index contributed by atoms with van der Waals surface area (Å²) in [5.74, 6) is 0.905. The van der Waals surface area contributed by atoms with E-state index in [0.29, 0.717) is 30.2 Å². The van der Waals surface area contributed by atoms with E-state index in [-0.39, 0.29) is 11.4 Å². The first-order valence-corrected chi connectivity index (χ1v) is 10.9. The van der Waals surface area contributed by atoms with Gasteiger partial charge in [-0.05, 0) is 50.1 Å². The summed E-state index contributed by atoms with van der Waals surface area (Å²) in [6.07, 6.45) is 2.59. The fraction of sp³-hybridized carbons (Fsp3) is 0.400. The summed E-state index contributed by atoms with van der Waals surface area (Å²) in [4.78, 5) is 8.77. The minimum Gasteiger partial charge on any atom is -0.504 e. The largest absolute Gasteiger partial charge is 0.504 e. The highest BCUT2D eigenvalue weighted by atomic mass is 31.2. The van der Waals surface area contributed by atoms with Gasteiger partial charge in [-0.2, -0.15) is 0 Å². The third kappa shape index (κ3) is 4.37. The van der Waals surface area contributed by atoms with Gasteiger partial charge in [-0.1, -0.05) is 13.0 Å². The van der Waals surface area contributed by atoms with E-state index in [1.807, 2.05) is 32.9 Å². The summed E-state index contributed by atoms with van der Waals surface area (Å²) in [7, 11) is -1.50. The average molecular weight is 403 g/mol. The molecule has 2 heterocycles. The number of hydrogen-bond donors (Lipinski definition) is 2. The predicted molar refractivity (Wildman–Crippen MR) is 110 cm³/mol. The molecule has 1 aliphatic rings. The molecule has 0 saturated carbocycles. The molecule has 1 aromatic heterocycles. The number of nitrogens with one attached hydrogen (secondary N) is 1. The molecule has 8 heteroatoms. The van der Waals surface area contributed by atoms with Gasteiger partial charge >= 0.3 is 0 Å². The molecule has 0 amide bonds. The van der Waals surface area contributed by atoms with E-state index in [9.17, 15) is 9.67 Å². The Bertz CT molecular complexity index is 925. The van der Waals surface area contributed by atoms with E-state index in [0.717, 1.165) is 23.4 Å². The van der Waals surface area contributed by atoms with Crippen LogP contribution in [0.25, 0.3) is 6.08 Å². The fourth-order valence-electron chi connectivity index (χ4n) is 3.22. The quantitative estimate of drug-likeness (QED) is 0.693. The molecule has 2 N–H and O–H groups in total. The van der Waals surface area contributed by atoms with Gasteiger partial charge in [0.2, 0.25) is 13.3 Å². The number of methoxy groups -OCH3 is 1. The van der Waals surface area contributed by atoms with Gasteiger partial charge in [0.05, 0.1) is 13.7 Å². The SMILES string of the molecule is COc1cc(/C=C(/CNc2nc(C)cc(C)n2)P2(=O)OCCC2C)ccc1O. The Morgan fingerprint density at radius 1 is 1.36 bits per heavy atom. The van der Waals surface area contributed by atoms with Crippen LogP contribution in [0.1, 0.15) is 30.3 Å². The number of nitrogens with zero attached hydrogens (tertiary/aromatic N) is 2. The lowest BCUT2D eigenvalue weighted by molar-refractivity contribution is 0.354. The van der Waals surface area contributed by atoms with Crippen LogP contribution in [-0.4, -0.2) is 41.0 Å². The van der Waals surface area contributed by atoms with E-state index in [2.05, 4.69) is 15.3 Å². The number of ether oxygens (including phenoxy) is 1. The van der Waals surface area contributed by atoms with E-state index in [1.54, 1.807) is 18.2 Å². The van der Waals surface area contributed by atoms with Crippen LogP contribution in [0.2, 0.25) is 0 Å². The average Bonchev–Trinajstić information content (AvgIpc) is 2.99. The normalized spacial score (nSPS) is 22.3. The fourth-order valence-corrected chi connectivity index (χ4v) is 5.66. The maximum Gasteiger partial charge on any atom is 0.232 e. The second kappa shape index (κ2) is 8.33. The van der Waals surface area contributed by atoms with Crippen LogP contribution >= 0.6 is 7.37 Å². The Morgan fingerprint density at radius 2 is 2.07 bits per heavy atom. The van der Waals surface area contributed by atoms with Crippen molar-refractivity contribution < 1.29 is 18.9 Å². The molecule has 7 nitrogen and oxygen atoms in total. The summed E-state index contributed by atoms with van der Waals surface area (Å²) < 4.78 is 24.5. The third-order valence-corrected chi connectivity index (χ3v) is 7.82. The van der Waals surface area contributed by atoms with Crippen molar-refractivity contribution in [1.82, 2.24) is 9.97 Å². The maximum absolute atomic E-state index is 13.6. The molecule has 2 atom stereocenters. The van der Waals surface area contributed by atoms with E-state index in [4.69, 9.17) is 9.26 Å². The zero-order valence-electron chi connectivity index (χ0n) is 16.6. The lowest BCUT2D eigenvalue weighted by atomic mass is 10.2. The van der Waals surface area contributed by atoms with Crippen molar-refractivity contribution in [2.75, 3.05) is 25.6 Å². The van der Waals surface area contributed by atoms with Crippen molar-refractivity contribution in [1.29, 1.82) is 0 Å². The van der Waals surface area contributed by atoms with E-state index in [1.165, 1.54) is 7.11 Å². The van der Waals surface area contributed by atoms with Crippen molar-refractivity contribution >= 4 is 19.4 Å².